The highest BCUT2D eigenvalue weighted by Gasteiger charge is 2.25. The van der Waals surface area contributed by atoms with Crippen LogP contribution in [-0.4, -0.2) is 23.7 Å². The van der Waals surface area contributed by atoms with E-state index in [1.54, 1.807) is 0 Å². The monoisotopic (exact) mass is 233 g/mol. The van der Waals surface area contributed by atoms with Gasteiger partial charge in [0.1, 0.15) is 12.4 Å². The van der Waals surface area contributed by atoms with E-state index < -0.39 is 11.7 Å². The summed E-state index contributed by atoms with van der Waals surface area (Å²) in [6.45, 7) is -0.263. The van der Waals surface area contributed by atoms with Gasteiger partial charge in [0.2, 0.25) is 0 Å². The number of carbonyl (C=O) groups excluding carboxylic acids is 1. The van der Waals surface area contributed by atoms with Gasteiger partial charge in [-0.25, -0.2) is 4.39 Å². The van der Waals surface area contributed by atoms with Crippen molar-refractivity contribution < 1.29 is 14.3 Å². The van der Waals surface area contributed by atoms with E-state index in [1.807, 2.05) is 0 Å². The van der Waals surface area contributed by atoms with E-state index in [9.17, 15) is 9.18 Å². The molecule has 4 heteroatoms. The molecule has 17 heavy (non-hydrogen) atoms. The first-order valence-corrected chi connectivity index (χ1v) is 5.41. The lowest BCUT2D eigenvalue weighted by Crippen LogP contribution is -2.26. The molecular formula is C13H12FNO2. The molecule has 1 amide bonds. The quantitative estimate of drug-likeness (QED) is 0.750. The number of halogens is 1. The molecule has 0 spiro atoms. The molecule has 0 saturated heterocycles. The largest absolute Gasteiger partial charge is 0.384 e. The Balaban J connectivity index is 2.21. The molecule has 0 aromatic heterocycles. The highest BCUT2D eigenvalue weighted by atomic mass is 19.1. The van der Waals surface area contributed by atoms with Crippen molar-refractivity contribution in [2.45, 2.75) is 18.9 Å². The molecule has 1 aliphatic rings. The molecule has 1 aliphatic carbocycles. The predicted octanol–water partition coefficient (Wildman–Crippen LogP) is 1.06. The van der Waals surface area contributed by atoms with E-state index in [2.05, 4.69) is 17.2 Å². The predicted molar refractivity (Wildman–Crippen MR) is 60.9 cm³/mol. The van der Waals surface area contributed by atoms with Crippen LogP contribution in [0.25, 0.3) is 0 Å². The van der Waals surface area contributed by atoms with E-state index >= 15 is 0 Å². The zero-order valence-corrected chi connectivity index (χ0v) is 9.16. The summed E-state index contributed by atoms with van der Waals surface area (Å²) < 4.78 is 13.5. The van der Waals surface area contributed by atoms with Crippen molar-refractivity contribution in [2.75, 3.05) is 6.61 Å². The van der Waals surface area contributed by atoms with Gasteiger partial charge in [0.15, 0.2) is 0 Å². The molecule has 0 aliphatic heterocycles. The first kappa shape index (κ1) is 11.6. The molecule has 1 saturated carbocycles. The molecule has 0 atom stereocenters. The van der Waals surface area contributed by atoms with Crippen LogP contribution in [0.4, 0.5) is 4.39 Å². The second kappa shape index (κ2) is 4.98. The van der Waals surface area contributed by atoms with Gasteiger partial charge < -0.3 is 10.4 Å². The second-order valence-corrected chi connectivity index (χ2v) is 3.90. The van der Waals surface area contributed by atoms with E-state index in [4.69, 9.17) is 5.11 Å². The van der Waals surface area contributed by atoms with Crippen LogP contribution in [0.3, 0.4) is 0 Å². The van der Waals surface area contributed by atoms with Crippen LogP contribution >= 0.6 is 0 Å². The lowest BCUT2D eigenvalue weighted by atomic mass is 10.1. The molecule has 2 N–H and O–H groups in total. The minimum Gasteiger partial charge on any atom is -0.384 e. The Bertz CT molecular complexity index is 498. The fourth-order valence-corrected chi connectivity index (χ4v) is 1.41. The van der Waals surface area contributed by atoms with Crippen LogP contribution < -0.4 is 5.32 Å². The minimum atomic E-state index is -0.558. The normalized spacial score (nSPS) is 13.8. The maximum Gasteiger partial charge on any atom is 0.254 e. The van der Waals surface area contributed by atoms with Gasteiger partial charge in [-0.3, -0.25) is 4.79 Å². The smallest absolute Gasteiger partial charge is 0.254 e. The molecule has 2 rings (SSSR count). The van der Waals surface area contributed by atoms with Crippen LogP contribution in [-0.2, 0) is 0 Å². The summed E-state index contributed by atoms with van der Waals surface area (Å²) >= 11 is 0. The van der Waals surface area contributed by atoms with E-state index in [1.165, 1.54) is 18.2 Å². The van der Waals surface area contributed by atoms with Gasteiger partial charge >= 0.3 is 0 Å². The summed E-state index contributed by atoms with van der Waals surface area (Å²) in [4.78, 5) is 11.7. The zero-order valence-electron chi connectivity index (χ0n) is 9.16. The summed E-state index contributed by atoms with van der Waals surface area (Å²) in [5, 5.41) is 11.3. The van der Waals surface area contributed by atoms with E-state index in [0.717, 1.165) is 12.8 Å². The van der Waals surface area contributed by atoms with Crippen LogP contribution in [0.5, 0.6) is 0 Å². The number of aliphatic hydroxyl groups excluding tert-OH is 1. The van der Waals surface area contributed by atoms with Crippen LogP contribution in [0.2, 0.25) is 0 Å². The maximum atomic E-state index is 13.5. The zero-order chi connectivity index (χ0) is 12.3. The van der Waals surface area contributed by atoms with Gasteiger partial charge in [0.25, 0.3) is 5.91 Å². The molecule has 88 valence electrons. The lowest BCUT2D eigenvalue weighted by Gasteiger charge is -2.04. The Labute approximate surface area is 98.7 Å². The molecule has 1 aromatic rings. The SMILES string of the molecule is O=C(NC1CC1)c1cc(C#CCO)ccc1F. The van der Waals surface area contributed by atoms with Crippen molar-refractivity contribution in [3.05, 3.63) is 35.1 Å². The Morgan fingerprint density at radius 2 is 2.29 bits per heavy atom. The number of hydrogen-bond donors (Lipinski definition) is 2. The number of aliphatic hydroxyl groups is 1. The number of rotatable bonds is 2. The molecule has 0 bridgehead atoms. The van der Waals surface area contributed by atoms with E-state index in [-0.39, 0.29) is 18.2 Å². The number of nitrogens with one attached hydrogen (secondary N) is 1. The van der Waals surface area contributed by atoms with Gasteiger partial charge in [-0.1, -0.05) is 11.8 Å². The molecule has 3 nitrogen and oxygen atoms in total. The Morgan fingerprint density at radius 3 is 2.94 bits per heavy atom. The van der Waals surface area contributed by atoms with Crippen molar-refractivity contribution in [1.29, 1.82) is 0 Å². The van der Waals surface area contributed by atoms with E-state index in [0.29, 0.717) is 5.56 Å². The topological polar surface area (TPSA) is 49.3 Å². The summed E-state index contributed by atoms with van der Waals surface area (Å²) in [6.07, 6.45) is 1.91. The van der Waals surface area contributed by atoms with Gasteiger partial charge in [0, 0.05) is 11.6 Å². The molecule has 0 radical (unpaired) electrons. The lowest BCUT2D eigenvalue weighted by molar-refractivity contribution is 0.0947. The third kappa shape index (κ3) is 3.05. The highest BCUT2D eigenvalue weighted by molar-refractivity contribution is 5.95. The summed E-state index contributed by atoms with van der Waals surface area (Å²) in [5.41, 5.74) is 0.517. The van der Waals surface area contributed by atoms with Crippen LogP contribution in [0.15, 0.2) is 18.2 Å². The van der Waals surface area contributed by atoms with Crippen LogP contribution in [0.1, 0.15) is 28.8 Å². The molecule has 0 heterocycles. The molecular weight excluding hydrogens is 221 g/mol. The van der Waals surface area contributed by atoms with Gasteiger partial charge in [-0.05, 0) is 31.0 Å². The van der Waals surface area contributed by atoms with Crippen molar-refractivity contribution in [3.8, 4) is 11.8 Å². The second-order valence-electron chi connectivity index (χ2n) is 3.90. The summed E-state index contributed by atoms with van der Waals surface area (Å²) in [5.74, 6) is 4.13. The Hall–Kier alpha value is -1.86. The standard InChI is InChI=1S/C13H12FNO2/c14-12-6-3-9(2-1-7-16)8-11(12)13(17)15-10-4-5-10/h3,6,8,10,16H,4-5,7H2,(H,15,17). The number of carbonyl (C=O) groups is 1. The van der Waals surface area contributed by atoms with Crippen molar-refractivity contribution >= 4 is 5.91 Å². The van der Waals surface area contributed by atoms with Gasteiger partial charge in [0.05, 0.1) is 5.56 Å². The van der Waals surface area contributed by atoms with Crippen molar-refractivity contribution in [1.82, 2.24) is 5.32 Å². The number of amides is 1. The molecule has 1 fully saturated rings. The van der Waals surface area contributed by atoms with Crippen LogP contribution in [0, 0.1) is 17.7 Å². The number of hydrogen-bond acceptors (Lipinski definition) is 2. The van der Waals surface area contributed by atoms with Gasteiger partial charge in [-0.15, -0.1) is 0 Å². The Morgan fingerprint density at radius 1 is 1.53 bits per heavy atom. The Kier molecular flexibility index (Phi) is 3.40. The average Bonchev–Trinajstić information content (AvgIpc) is 3.11. The third-order valence-electron chi connectivity index (χ3n) is 2.44. The summed E-state index contributed by atoms with van der Waals surface area (Å²) in [7, 11) is 0. The first-order valence-electron chi connectivity index (χ1n) is 5.41. The fourth-order valence-electron chi connectivity index (χ4n) is 1.41. The number of benzene rings is 1. The van der Waals surface area contributed by atoms with Crippen molar-refractivity contribution in [3.63, 3.8) is 0 Å². The maximum absolute atomic E-state index is 13.5. The first-order chi connectivity index (χ1) is 8.20. The summed E-state index contributed by atoms with van der Waals surface area (Å²) in [6, 6.07) is 4.28. The fraction of sp³-hybridized carbons (Fsp3) is 0.308. The van der Waals surface area contributed by atoms with Crippen molar-refractivity contribution in [2.24, 2.45) is 0 Å². The third-order valence-corrected chi connectivity index (χ3v) is 2.44. The molecule has 0 unspecified atom stereocenters. The molecule has 1 aromatic carbocycles. The minimum absolute atomic E-state index is 0.00152. The van der Waals surface area contributed by atoms with Gasteiger partial charge in [-0.2, -0.15) is 0 Å². The average molecular weight is 233 g/mol. The highest BCUT2D eigenvalue weighted by Crippen LogP contribution is 2.20.